The Morgan fingerprint density at radius 1 is 1.52 bits per heavy atom. The molecule has 0 radical (unpaired) electrons. The Labute approximate surface area is 146 Å². The van der Waals surface area contributed by atoms with Crippen LogP contribution in [0.2, 0.25) is 0 Å². The van der Waals surface area contributed by atoms with Crippen LogP contribution in [0.1, 0.15) is 41.4 Å². The van der Waals surface area contributed by atoms with Crippen LogP contribution >= 0.6 is 0 Å². The highest BCUT2D eigenvalue weighted by Gasteiger charge is 2.34. The highest BCUT2D eigenvalue weighted by Crippen LogP contribution is 2.30. The molecule has 8 heteroatoms. The van der Waals surface area contributed by atoms with E-state index in [-0.39, 0.29) is 17.9 Å². The minimum atomic E-state index is -0.190. The van der Waals surface area contributed by atoms with E-state index in [9.17, 15) is 4.79 Å². The van der Waals surface area contributed by atoms with Gasteiger partial charge in [0.05, 0.1) is 18.6 Å². The normalized spacial score (nSPS) is 19.8. The molecule has 0 aromatic carbocycles. The van der Waals surface area contributed by atoms with Crippen LogP contribution in [-0.4, -0.2) is 63.9 Å². The number of hydrogen-bond acceptors (Lipinski definition) is 6. The number of aromatic nitrogens is 4. The van der Waals surface area contributed by atoms with E-state index in [4.69, 9.17) is 9.47 Å². The quantitative estimate of drug-likeness (QED) is 0.854. The third-order valence-corrected chi connectivity index (χ3v) is 4.23. The van der Waals surface area contributed by atoms with Gasteiger partial charge in [0.25, 0.3) is 5.91 Å². The van der Waals surface area contributed by atoms with Crippen LogP contribution in [0.3, 0.4) is 0 Å². The van der Waals surface area contributed by atoms with Crippen LogP contribution in [-0.2, 0) is 4.74 Å². The number of carbonyl (C=O) groups excluding carboxylic acids is 1. The third-order valence-electron chi connectivity index (χ3n) is 4.23. The van der Waals surface area contributed by atoms with E-state index in [1.807, 2.05) is 13.8 Å². The Balaban J connectivity index is 1.71. The topological polar surface area (TPSA) is 93.2 Å². The summed E-state index contributed by atoms with van der Waals surface area (Å²) in [5, 5.41) is 7.11. The largest absolute Gasteiger partial charge is 0.491 e. The highest BCUT2D eigenvalue weighted by molar-refractivity contribution is 5.94. The zero-order valence-electron chi connectivity index (χ0n) is 14.7. The molecule has 1 aliphatic heterocycles. The number of ether oxygens (including phenoxy) is 2. The molecule has 8 nitrogen and oxygen atoms in total. The molecule has 2 aromatic rings. The summed E-state index contributed by atoms with van der Waals surface area (Å²) >= 11 is 0. The summed E-state index contributed by atoms with van der Waals surface area (Å²) in [7, 11) is 1.74. The van der Waals surface area contributed by atoms with Crippen molar-refractivity contribution in [1.82, 2.24) is 25.1 Å². The first-order valence-electron chi connectivity index (χ1n) is 8.44. The molecular formula is C17H23N5O3. The predicted octanol–water partition coefficient (Wildman–Crippen LogP) is 1.55. The Morgan fingerprint density at radius 2 is 2.36 bits per heavy atom. The lowest BCUT2D eigenvalue weighted by molar-refractivity contribution is 0.0543. The molecule has 2 atom stereocenters. The molecule has 1 saturated heterocycles. The van der Waals surface area contributed by atoms with Crippen LogP contribution < -0.4 is 4.74 Å². The second kappa shape index (κ2) is 7.60. The van der Waals surface area contributed by atoms with Crippen molar-refractivity contribution >= 4 is 5.91 Å². The average molecular weight is 345 g/mol. The highest BCUT2D eigenvalue weighted by atomic mass is 16.5. The average Bonchev–Trinajstić information content (AvgIpc) is 3.23. The van der Waals surface area contributed by atoms with Crippen molar-refractivity contribution in [3.05, 3.63) is 35.7 Å². The molecule has 3 heterocycles. The molecule has 0 aliphatic carbocycles. The van der Waals surface area contributed by atoms with Crippen molar-refractivity contribution in [2.75, 3.05) is 26.8 Å². The van der Waals surface area contributed by atoms with Crippen molar-refractivity contribution < 1.29 is 14.3 Å². The Bertz CT molecular complexity index is 733. The maximum absolute atomic E-state index is 12.8. The minimum Gasteiger partial charge on any atom is -0.491 e. The maximum atomic E-state index is 12.8. The number of hydrogen-bond donors (Lipinski definition) is 1. The standard InChI is InChI=1S/C17H23N5O3/c1-4-24-13-6-5-8-18-15(13)17(23)22(3)10-14-12(7-9-25-14)16-19-11(2)20-21-16/h5-6,8,12,14H,4,7,9-10H2,1-3H3,(H,19,20,21)/t12-,14-/m1/s1. The van der Waals surface area contributed by atoms with Crippen LogP contribution in [0.25, 0.3) is 0 Å². The number of amides is 1. The zero-order chi connectivity index (χ0) is 17.8. The Kier molecular flexibility index (Phi) is 5.28. The van der Waals surface area contributed by atoms with Gasteiger partial charge in [-0.3, -0.25) is 9.89 Å². The van der Waals surface area contributed by atoms with E-state index in [0.717, 1.165) is 18.1 Å². The fourth-order valence-electron chi connectivity index (χ4n) is 3.01. The van der Waals surface area contributed by atoms with Gasteiger partial charge in [-0.15, -0.1) is 0 Å². The van der Waals surface area contributed by atoms with E-state index >= 15 is 0 Å². The number of aryl methyl sites for hydroxylation is 1. The Hall–Kier alpha value is -2.48. The number of nitrogens with zero attached hydrogens (tertiary/aromatic N) is 4. The third kappa shape index (κ3) is 3.79. The van der Waals surface area contributed by atoms with E-state index in [2.05, 4.69) is 20.2 Å². The zero-order valence-corrected chi connectivity index (χ0v) is 14.7. The smallest absolute Gasteiger partial charge is 0.276 e. The molecule has 0 bridgehead atoms. The van der Waals surface area contributed by atoms with E-state index in [1.165, 1.54) is 0 Å². The number of nitrogens with one attached hydrogen (secondary N) is 1. The van der Waals surface area contributed by atoms with Crippen LogP contribution in [0.5, 0.6) is 5.75 Å². The number of carbonyl (C=O) groups is 1. The summed E-state index contributed by atoms with van der Waals surface area (Å²) in [5.41, 5.74) is 0.315. The van der Waals surface area contributed by atoms with Crippen LogP contribution in [0.4, 0.5) is 0 Å². The van der Waals surface area contributed by atoms with E-state index in [0.29, 0.717) is 31.2 Å². The lowest BCUT2D eigenvalue weighted by Gasteiger charge is -2.24. The van der Waals surface area contributed by atoms with Gasteiger partial charge in [-0.1, -0.05) is 0 Å². The second-order valence-corrected chi connectivity index (χ2v) is 6.05. The Morgan fingerprint density at radius 3 is 3.08 bits per heavy atom. The number of H-pyrrole nitrogens is 1. The minimum absolute atomic E-state index is 0.0790. The number of pyridine rings is 1. The molecule has 0 unspecified atom stereocenters. The van der Waals surface area contributed by atoms with Gasteiger partial charge in [-0.25, -0.2) is 9.97 Å². The van der Waals surface area contributed by atoms with Gasteiger partial charge >= 0.3 is 0 Å². The summed E-state index contributed by atoms with van der Waals surface area (Å²) in [6, 6.07) is 3.51. The summed E-state index contributed by atoms with van der Waals surface area (Å²) in [5.74, 6) is 1.91. The maximum Gasteiger partial charge on any atom is 0.276 e. The predicted molar refractivity (Wildman–Crippen MR) is 90.6 cm³/mol. The van der Waals surface area contributed by atoms with Crippen LogP contribution in [0.15, 0.2) is 18.3 Å². The van der Waals surface area contributed by atoms with Gasteiger partial charge in [0.15, 0.2) is 17.3 Å². The van der Waals surface area contributed by atoms with Gasteiger partial charge < -0.3 is 14.4 Å². The molecular weight excluding hydrogens is 322 g/mol. The van der Waals surface area contributed by atoms with Gasteiger partial charge in [0, 0.05) is 26.4 Å². The molecule has 1 amide bonds. The summed E-state index contributed by atoms with van der Waals surface area (Å²) in [6.45, 7) is 5.31. The molecule has 0 saturated carbocycles. The lowest BCUT2D eigenvalue weighted by Crippen LogP contribution is -2.37. The summed E-state index contributed by atoms with van der Waals surface area (Å²) in [6.07, 6.45) is 2.30. The number of rotatable bonds is 6. The first kappa shape index (κ1) is 17.3. The van der Waals surface area contributed by atoms with Gasteiger partial charge in [0.1, 0.15) is 5.82 Å². The molecule has 1 aliphatic rings. The van der Waals surface area contributed by atoms with Gasteiger partial charge in [-0.05, 0) is 32.4 Å². The fraction of sp³-hybridized carbons (Fsp3) is 0.529. The molecule has 0 spiro atoms. The first-order chi connectivity index (χ1) is 12.1. The van der Waals surface area contributed by atoms with Gasteiger partial charge in [-0.2, -0.15) is 5.10 Å². The summed E-state index contributed by atoms with van der Waals surface area (Å²) in [4.78, 5) is 23.0. The van der Waals surface area contributed by atoms with E-state index in [1.54, 1.807) is 30.3 Å². The first-order valence-corrected chi connectivity index (χ1v) is 8.44. The monoisotopic (exact) mass is 345 g/mol. The van der Waals surface area contributed by atoms with Crippen molar-refractivity contribution in [1.29, 1.82) is 0 Å². The number of aromatic amines is 1. The molecule has 2 aromatic heterocycles. The van der Waals surface area contributed by atoms with Crippen molar-refractivity contribution in [3.8, 4) is 5.75 Å². The fourth-order valence-corrected chi connectivity index (χ4v) is 3.01. The SMILES string of the molecule is CCOc1cccnc1C(=O)N(C)C[C@H]1OCC[C@H]1c1n[nH]c(C)n1. The lowest BCUT2D eigenvalue weighted by atomic mass is 10.0. The van der Waals surface area contributed by atoms with Crippen molar-refractivity contribution in [3.63, 3.8) is 0 Å². The van der Waals surface area contributed by atoms with Crippen molar-refractivity contribution in [2.45, 2.75) is 32.3 Å². The van der Waals surface area contributed by atoms with E-state index < -0.39 is 0 Å². The molecule has 1 N–H and O–H groups in total. The second-order valence-electron chi connectivity index (χ2n) is 6.05. The molecule has 1 fully saturated rings. The number of likely N-dealkylation sites (N-methyl/N-ethyl adjacent to an activating group) is 1. The molecule has 3 rings (SSSR count). The van der Waals surface area contributed by atoms with Crippen molar-refractivity contribution in [2.24, 2.45) is 0 Å². The van der Waals surface area contributed by atoms with Gasteiger partial charge in [0.2, 0.25) is 0 Å². The molecule has 134 valence electrons. The summed E-state index contributed by atoms with van der Waals surface area (Å²) < 4.78 is 11.3. The molecule has 25 heavy (non-hydrogen) atoms. The van der Waals surface area contributed by atoms with Crippen LogP contribution in [0, 0.1) is 6.92 Å².